The predicted molar refractivity (Wildman–Crippen MR) is 31.1 cm³/mol. The van der Waals surface area contributed by atoms with Crippen molar-refractivity contribution in [1.29, 1.82) is 0 Å². The molecule has 1 aliphatic heterocycles. The van der Waals surface area contributed by atoms with Gasteiger partial charge in [-0.3, -0.25) is 0 Å². The third-order valence-corrected chi connectivity index (χ3v) is 1.10. The smallest absolute Gasteiger partial charge is 0.119 e. The standard InChI is InChI=1S/C5H5ClFN/c6-5-2-1-4(7)3-8-5/h1-2,8H,3H2. The summed E-state index contributed by atoms with van der Waals surface area (Å²) in [6.07, 6.45) is 2.83. The van der Waals surface area contributed by atoms with E-state index >= 15 is 0 Å². The molecule has 8 heavy (non-hydrogen) atoms. The molecule has 0 atom stereocenters. The SMILES string of the molecule is FC1=CC=C(Cl)NC1. The van der Waals surface area contributed by atoms with Crippen molar-refractivity contribution in [2.75, 3.05) is 6.54 Å². The number of halogens is 2. The first-order valence-electron chi connectivity index (χ1n) is 2.25. The van der Waals surface area contributed by atoms with E-state index in [4.69, 9.17) is 11.6 Å². The highest BCUT2D eigenvalue weighted by atomic mass is 35.5. The van der Waals surface area contributed by atoms with E-state index in [1.165, 1.54) is 12.2 Å². The maximum Gasteiger partial charge on any atom is 0.119 e. The summed E-state index contributed by atoms with van der Waals surface area (Å²) < 4.78 is 12.1. The topological polar surface area (TPSA) is 12.0 Å². The van der Waals surface area contributed by atoms with E-state index in [-0.39, 0.29) is 12.4 Å². The van der Waals surface area contributed by atoms with Gasteiger partial charge in [0.15, 0.2) is 0 Å². The molecule has 44 valence electrons. The summed E-state index contributed by atoms with van der Waals surface area (Å²) >= 11 is 5.42. The predicted octanol–water partition coefficient (Wildman–Crippen LogP) is 1.52. The highest BCUT2D eigenvalue weighted by molar-refractivity contribution is 6.29. The van der Waals surface area contributed by atoms with Crippen LogP contribution in [-0.2, 0) is 0 Å². The molecule has 1 heterocycles. The van der Waals surface area contributed by atoms with E-state index in [9.17, 15) is 4.39 Å². The molecule has 0 bridgehead atoms. The molecule has 0 saturated carbocycles. The fourth-order valence-corrected chi connectivity index (χ4v) is 0.580. The molecule has 0 spiro atoms. The molecule has 1 rings (SSSR count). The van der Waals surface area contributed by atoms with Crippen LogP contribution in [0.25, 0.3) is 0 Å². The van der Waals surface area contributed by atoms with Gasteiger partial charge in [-0.1, -0.05) is 11.6 Å². The fourth-order valence-electron chi connectivity index (χ4n) is 0.450. The zero-order valence-electron chi connectivity index (χ0n) is 4.12. The van der Waals surface area contributed by atoms with Gasteiger partial charge in [-0.15, -0.1) is 0 Å². The lowest BCUT2D eigenvalue weighted by molar-refractivity contribution is 0.592. The van der Waals surface area contributed by atoms with E-state index in [1.54, 1.807) is 0 Å². The van der Waals surface area contributed by atoms with E-state index < -0.39 is 0 Å². The average molecular weight is 134 g/mol. The second-order valence-electron chi connectivity index (χ2n) is 1.48. The van der Waals surface area contributed by atoms with E-state index in [1.807, 2.05) is 0 Å². The molecular formula is C5H5ClFN. The Bertz CT molecular complexity index is 133. The first kappa shape index (κ1) is 5.63. The van der Waals surface area contributed by atoms with Crippen molar-refractivity contribution in [3.63, 3.8) is 0 Å². The first-order valence-corrected chi connectivity index (χ1v) is 2.62. The highest BCUT2D eigenvalue weighted by Gasteiger charge is 1.98. The van der Waals surface area contributed by atoms with Crippen LogP contribution in [0.15, 0.2) is 23.1 Å². The molecule has 3 heteroatoms. The Balaban J connectivity index is 2.65. The Kier molecular flexibility index (Phi) is 1.53. The Morgan fingerprint density at radius 1 is 1.62 bits per heavy atom. The molecule has 1 aliphatic rings. The molecule has 0 aliphatic carbocycles. The van der Waals surface area contributed by atoms with Crippen molar-refractivity contribution in [3.8, 4) is 0 Å². The monoisotopic (exact) mass is 133 g/mol. The van der Waals surface area contributed by atoms with Gasteiger partial charge in [-0.25, -0.2) is 4.39 Å². The molecule has 1 nitrogen and oxygen atoms in total. The molecule has 0 aromatic heterocycles. The van der Waals surface area contributed by atoms with Gasteiger partial charge >= 0.3 is 0 Å². The highest BCUT2D eigenvalue weighted by Crippen LogP contribution is 2.06. The summed E-state index contributed by atoms with van der Waals surface area (Å²) in [6, 6.07) is 0. The van der Waals surface area contributed by atoms with Crippen LogP contribution in [-0.4, -0.2) is 6.54 Å². The van der Waals surface area contributed by atoms with Crippen LogP contribution in [0.3, 0.4) is 0 Å². The number of nitrogens with one attached hydrogen (secondary N) is 1. The van der Waals surface area contributed by atoms with Crippen molar-refractivity contribution in [1.82, 2.24) is 5.32 Å². The minimum absolute atomic E-state index is 0.186. The molecular weight excluding hydrogens is 129 g/mol. The maximum atomic E-state index is 12.1. The van der Waals surface area contributed by atoms with Gasteiger partial charge in [0.25, 0.3) is 0 Å². The molecule has 0 unspecified atom stereocenters. The Morgan fingerprint density at radius 3 is 2.75 bits per heavy atom. The van der Waals surface area contributed by atoms with Crippen molar-refractivity contribution >= 4 is 11.6 Å². The van der Waals surface area contributed by atoms with Crippen molar-refractivity contribution in [2.45, 2.75) is 0 Å². The average Bonchev–Trinajstić information content (AvgIpc) is 1.77. The third-order valence-electron chi connectivity index (χ3n) is 0.837. The zero-order valence-corrected chi connectivity index (χ0v) is 4.87. The summed E-state index contributed by atoms with van der Waals surface area (Å²) in [4.78, 5) is 0. The molecule has 0 aromatic carbocycles. The van der Waals surface area contributed by atoms with Gasteiger partial charge in [0.05, 0.1) is 6.54 Å². The van der Waals surface area contributed by atoms with Crippen molar-refractivity contribution < 1.29 is 4.39 Å². The van der Waals surface area contributed by atoms with E-state index in [0.717, 1.165) is 0 Å². The minimum atomic E-state index is -0.186. The second kappa shape index (κ2) is 2.18. The van der Waals surface area contributed by atoms with Gasteiger partial charge in [0, 0.05) is 0 Å². The minimum Gasteiger partial charge on any atom is -0.369 e. The third kappa shape index (κ3) is 1.23. The summed E-state index contributed by atoms with van der Waals surface area (Å²) in [5.74, 6) is -0.186. The van der Waals surface area contributed by atoms with E-state index in [2.05, 4.69) is 5.32 Å². The van der Waals surface area contributed by atoms with Gasteiger partial charge in [-0.2, -0.15) is 0 Å². The Hall–Kier alpha value is -0.500. The van der Waals surface area contributed by atoms with E-state index in [0.29, 0.717) is 5.16 Å². The van der Waals surface area contributed by atoms with Crippen LogP contribution in [0, 0.1) is 0 Å². The van der Waals surface area contributed by atoms with Crippen LogP contribution in [0.5, 0.6) is 0 Å². The van der Waals surface area contributed by atoms with Crippen molar-refractivity contribution in [2.24, 2.45) is 0 Å². The van der Waals surface area contributed by atoms with Crippen LogP contribution in [0.1, 0.15) is 0 Å². The van der Waals surface area contributed by atoms with Crippen LogP contribution < -0.4 is 5.32 Å². The lowest BCUT2D eigenvalue weighted by Crippen LogP contribution is -2.14. The van der Waals surface area contributed by atoms with Crippen molar-refractivity contribution in [3.05, 3.63) is 23.1 Å². The number of rotatable bonds is 0. The largest absolute Gasteiger partial charge is 0.369 e. The summed E-state index contributed by atoms with van der Waals surface area (Å²) in [6.45, 7) is 0.218. The summed E-state index contributed by atoms with van der Waals surface area (Å²) in [7, 11) is 0. The Labute approximate surface area is 51.8 Å². The van der Waals surface area contributed by atoms with Crippen LogP contribution >= 0.6 is 11.6 Å². The first-order chi connectivity index (χ1) is 3.79. The normalized spacial score (nSPS) is 18.8. The van der Waals surface area contributed by atoms with Crippen LogP contribution in [0.4, 0.5) is 4.39 Å². The number of allylic oxidation sites excluding steroid dienone is 2. The molecule has 0 fully saturated rings. The quantitative estimate of drug-likeness (QED) is 0.494. The maximum absolute atomic E-state index is 12.1. The van der Waals surface area contributed by atoms with Crippen LogP contribution in [0.2, 0.25) is 0 Å². The number of hydrogen-bond donors (Lipinski definition) is 1. The fraction of sp³-hybridized carbons (Fsp3) is 0.200. The van der Waals surface area contributed by atoms with Gasteiger partial charge in [0.2, 0.25) is 0 Å². The molecule has 0 radical (unpaired) electrons. The Morgan fingerprint density at radius 2 is 2.38 bits per heavy atom. The molecule has 0 saturated heterocycles. The zero-order chi connectivity index (χ0) is 5.98. The second-order valence-corrected chi connectivity index (χ2v) is 1.89. The van der Waals surface area contributed by atoms with Gasteiger partial charge in [-0.05, 0) is 12.2 Å². The number of hydrogen-bond acceptors (Lipinski definition) is 1. The molecule has 0 aromatic rings. The summed E-state index contributed by atoms with van der Waals surface area (Å²) in [5.41, 5.74) is 0. The van der Waals surface area contributed by atoms with Gasteiger partial charge in [0.1, 0.15) is 11.0 Å². The lowest BCUT2D eigenvalue weighted by Gasteiger charge is -2.05. The van der Waals surface area contributed by atoms with Gasteiger partial charge < -0.3 is 5.32 Å². The lowest BCUT2D eigenvalue weighted by atomic mass is 10.4. The summed E-state index contributed by atoms with van der Waals surface area (Å²) in [5, 5.41) is 3.11. The molecule has 1 N–H and O–H groups in total. The number of dihydropyridines is 1. The molecule has 0 amide bonds.